The van der Waals surface area contributed by atoms with Crippen molar-refractivity contribution < 1.29 is 0 Å². The van der Waals surface area contributed by atoms with Crippen molar-refractivity contribution in [2.24, 2.45) is 7.05 Å². The van der Waals surface area contributed by atoms with E-state index >= 15 is 0 Å². The number of rotatable bonds is 2. The van der Waals surface area contributed by atoms with Crippen molar-refractivity contribution in [1.29, 1.82) is 0 Å². The van der Waals surface area contributed by atoms with Gasteiger partial charge < -0.3 is 5.32 Å². The number of para-hydroxylation sites is 1. The van der Waals surface area contributed by atoms with Crippen LogP contribution in [-0.4, -0.2) is 14.8 Å². The number of pyridine rings is 1. The fraction of sp³-hybridized carbons (Fsp3) is 0.158. The van der Waals surface area contributed by atoms with E-state index in [0.29, 0.717) is 0 Å². The molecule has 4 heteroatoms. The molecule has 23 heavy (non-hydrogen) atoms. The molecule has 0 aliphatic heterocycles. The maximum atomic E-state index is 4.77. The highest BCUT2D eigenvalue weighted by Crippen LogP contribution is 2.34. The average molecular weight is 302 g/mol. The van der Waals surface area contributed by atoms with Crippen molar-refractivity contribution in [2.45, 2.75) is 13.8 Å². The van der Waals surface area contributed by atoms with Gasteiger partial charge in [-0.05, 0) is 32.0 Å². The molecule has 0 spiro atoms. The van der Waals surface area contributed by atoms with Crippen molar-refractivity contribution in [1.82, 2.24) is 14.8 Å². The van der Waals surface area contributed by atoms with Crippen LogP contribution in [0.5, 0.6) is 0 Å². The number of aromatic nitrogens is 3. The zero-order chi connectivity index (χ0) is 16.0. The summed E-state index contributed by atoms with van der Waals surface area (Å²) in [5.74, 6) is 0. The van der Waals surface area contributed by atoms with Crippen LogP contribution in [0.25, 0.3) is 21.9 Å². The van der Waals surface area contributed by atoms with Crippen LogP contribution >= 0.6 is 0 Å². The van der Waals surface area contributed by atoms with Gasteiger partial charge in [-0.1, -0.05) is 35.9 Å². The van der Waals surface area contributed by atoms with Gasteiger partial charge in [0.15, 0.2) is 5.65 Å². The third kappa shape index (κ3) is 2.23. The Kier molecular flexibility index (Phi) is 3.05. The molecule has 0 unspecified atom stereocenters. The first kappa shape index (κ1) is 13.8. The lowest BCUT2D eigenvalue weighted by Crippen LogP contribution is -1.97. The molecule has 0 saturated carbocycles. The molecule has 0 atom stereocenters. The van der Waals surface area contributed by atoms with Crippen LogP contribution in [0, 0.1) is 13.8 Å². The molecule has 114 valence electrons. The second kappa shape index (κ2) is 5.09. The standard InChI is InChI=1S/C19H18N4/c1-12-8-10-14(11-9-12)20-18-15-6-4-5-7-16(15)21-19-17(18)13(2)22-23(19)3/h4-11H,1-3H3,(H,20,21). The molecule has 4 nitrogen and oxygen atoms in total. The lowest BCUT2D eigenvalue weighted by atomic mass is 10.1. The van der Waals surface area contributed by atoms with E-state index in [1.54, 1.807) is 0 Å². The van der Waals surface area contributed by atoms with Gasteiger partial charge in [-0.3, -0.25) is 4.68 Å². The van der Waals surface area contributed by atoms with Crippen LogP contribution in [0.4, 0.5) is 11.4 Å². The first-order valence-electron chi connectivity index (χ1n) is 7.69. The average Bonchev–Trinajstić information content (AvgIpc) is 2.83. The highest BCUT2D eigenvalue weighted by Gasteiger charge is 2.15. The Morgan fingerprint density at radius 2 is 1.70 bits per heavy atom. The summed E-state index contributed by atoms with van der Waals surface area (Å²) in [4.78, 5) is 4.77. The van der Waals surface area contributed by atoms with E-state index < -0.39 is 0 Å². The summed E-state index contributed by atoms with van der Waals surface area (Å²) in [6.45, 7) is 4.12. The topological polar surface area (TPSA) is 42.7 Å². The van der Waals surface area contributed by atoms with Crippen LogP contribution in [0.1, 0.15) is 11.3 Å². The second-order valence-corrected chi connectivity index (χ2v) is 5.90. The Labute approximate surface area is 134 Å². The van der Waals surface area contributed by atoms with E-state index in [0.717, 1.165) is 39.0 Å². The Bertz CT molecular complexity index is 1010. The van der Waals surface area contributed by atoms with Crippen LogP contribution in [0.15, 0.2) is 48.5 Å². The maximum absolute atomic E-state index is 4.77. The minimum absolute atomic E-state index is 0.899. The monoisotopic (exact) mass is 302 g/mol. The van der Waals surface area contributed by atoms with E-state index in [1.165, 1.54) is 5.56 Å². The minimum atomic E-state index is 0.899. The van der Waals surface area contributed by atoms with Crippen molar-refractivity contribution in [3.8, 4) is 0 Å². The largest absolute Gasteiger partial charge is 0.354 e. The highest BCUT2D eigenvalue weighted by molar-refractivity contribution is 6.08. The van der Waals surface area contributed by atoms with Crippen LogP contribution in [0.2, 0.25) is 0 Å². The molecule has 0 amide bonds. The Hall–Kier alpha value is -2.88. The molecule has 2 heterocycles. The fourth-order valence-electron chi connectivity index (χ4n) is 3.01. The summed E-state index contributed by atoms with van der Waals surface area (Å²) in [6, 6.07) is 16.6. The molecular formula is C19H18N4. The predicted molar refractivity (Wildman–Crippen MR) is 95.2 cm³/mol. The third-order valence-corrected chi connectivity index (χ3v) is 4.16. The lowest BCUT2D eigenvalue weighted by Gasteiger charge is -2.12. The molecule has 0 bridgehead atoms. The zero-order valence-corrected chi connectivity index (χ0v) is 13.5. The lowest BCUT2D eigenvalue weighted by molar-refractivity contribution is 0.775. The van der Waals surface area contributed by atoms with Gasteiger partial charge in [0.05, 0.1) is 22.3 Å². The first-order valence-corrected chi connectivity index (χ1v) is 7.69. The van der Waals surface area contributed by atoms with Gasteiger partial charge in [0.1, 0.15) is 0 Å². The number of fused-ring (bicyclic) bond motifs is 2. The van der Waals surface area contributed by atoms with Crippen LogP contribution < -0.4 is 5.32 Å². The van der Waals surface area contributed by atoms with Crippen molar-refractivity contribution in [3.63, 3.8) is 0 Å². The molecular weight excluding hydrogens is 284 g/mol. The normalized spacial score (nSPS) is 11.3. The van der Waals surface area contributed by atoms with Gasteiger partial charge in [0.25, 0.3) is 0 Å². The van der Waals surface area contributed by atoms with E-state index in [2.05, 4.69) is 47.7 Å². The molecule has 0 aliphatic carbocycles. The van der Waals surface area contributed by atoms with E-state index in [4.69, 9.17) is 4.98 Å². The number of hydrogen-bond donors (Lipinski definition) is 1. The molecule has 2 aromatic carbocycles. The van der Waals surface area contributed by atoms with Crippen molar-refractivity contribution >= 4 is 33.3 Å². The Morgan fingerprint density at radius 1 is 0.957 bits per heavy atom. The summed E-state index contributed by atoms with van der Waals surface area (Å²) in [7, 11) is 1.94. The van der Waals surface area contributed by atoms with Crippen LogP contribution in [-0.2, 0) is 7.05 Å². The minimum Gasteiger partial charge on any atom is -0.354 e. The highest BCUT2D eigenvalue weighted by atomic mass is 15.3. The smallest absolute Gasteiger partial charge is 0.160 e. The van der Waals surface area contributed by atoms with Gasteiger partial charge in [-0.25, -0.2) is 4.98 Å². The molecule has 4 rings (SSSR count). The maximum Gasteiger partial charge on any atom is 0.160 e. The van der Waals surface area contributed by atoms with Gasteiger partial charge in [0.2, 0.25) is 0 Å². The number of aryl methyl sites for hydroxylation is 3. The van der Waals surface area contributed by atoms with Gasteiger partial charge in [-0.2, -0.15) is 5.10 Å². The van der Waals surface area contributed by atoms with E-state index in [9.17, 15) is 0 Å². The quantitative estimate of drug-likeness (QED) is 0.593. The second-order valence-electron chi connectivity index (χ2n) is 5.90. The summed E-state index contributed by atoms with van der Waals surface area (Å²) in [5.41, 5.74) is 6.23. The summed E-state index contributed by atoms with van der Waals surface area (Å²) < 4.78 is 1.84. The Balaban J connectivity index is 2.02. The summed E-state index contributed by atoms with van der Waals surface area (Å²) >= 11 is 0. The van der Waals surface area contributed by atoms with Gasteiger partial charge in [0, 0.05) is 18.1 Å². The van der Waals surface area contributed by atoms with Crippen molar-refractivity contribution in [3.05, 3.63) is 59.8 Å². The van der Waals surface area contributed by atoms with E-state index in [-0.39, 0.29) is 0 Å². The van der Waals surface area contributed by atoms with Crippen LogP contribution in [0.3, 0.4) is 0 Å². The van der Waals surface area contributed by atoms with Gasteiger partial charge in [-0.15, -0.1) is 0 Å². The number of hydrogen-bond acceptors (Lipinski definition) is 3. The molecule has 0 saturated heterocycles. The SMILES string of the molecule is Cc1ccc(Nc2c3ccccc3nc3c2c(C)nn3C)cc1. The molecule has 0 fully saturated rings. The predicted octanol–water partition coefficient (Wildman–Crippen LogP) is 4.48. The molecule has 0 radical (unpaired) electrons. The number of anilines is 2. The van der Waals surface area contributed by atoms with Gasteiger partial charge >= 0.3 is 0 Å². The Morgan fingerprint density at radius 3 is 2.48 bits per heavy atom. The number of nitrogens with zero attached hydrogens (tertiary/aromatic N) is 3. The summed E-state index contributed by atoms with van der Waals surface area (Å²) in [5, 5.41) is 10.3. The number of benzene rings is 2. The number of nitrogens with one attached hydrogen (secondary N) is 1. The molecule has 0 aliphatic rings. The molecule has 2 aromatic heterocycles. The zero-order valence-electron chi connectivity index (χ0n) is 13.5. The molecule has 1 N–H and O–H groups in total. The summed E-state index contributed by atoms with van der Waals surface area (Å²) in [6.07, 6.45) is 0. The fourth-order valence-corrected chi connectivity index (χ4v) is 3.01. The van der Waals surface area contributed by atoms with Crippen molar-refractivity contribution in [2.75, 3.05) is 5.32 Å². The molecule has 4 aromatic rings. The first-order chi connectivity index (χ1) is 11.1. The third-order valence-electron chi connectivity index (χ3n) is 4.16. The van der Waals surface area contributed by atoms with E-state index in [1.807, 2.05) is 36.9 Å².